The molecule has 0 radical (unpaired) electrons. The summed E-state index contributed by atoms with van der Waals surface area (Å²) >= 11 is 0. The van der Waals surface area contributed by atoms with Crippen LogP contribution in [0.15, 0.2) is 48.5 Å². The van der Waals surface area contributed by atoms with Crippen LogP contribution in [0.4, 0.5) is 13.2 Å². The average Bonchev–Trinajstić information content (AvgIpc) is 2.55. The summed E-state index contributed by atoms with van der Waals surface area (Å²) in [5.74, 6) is -0.328. The van der Waals surface area contributed by atoms with Gasteiger partial charge in [-0.3, -0.25) is 4.74 Å². The molecule has 0 amide bonds. The van der Waals surface area contributed by atoms with E-state index in [1.807, 2.05) is 0 Å². The third kappa shape index (κ3) is 5.88. The smallest absolute Gasteiger partial charge is 0.423 e. The maximum absolute atomic E-state index is 12.2. The molecule has 2 aromatic rings. The van der Waals surface area contributed by atoms with E-state index in [9.17, 15) is 18.0 Å². The molecule has 0 heterocycles. The highest BCUT2D eigenvalue weighted by Crippen LogP contribution is 2.28. The van der Waals surface area contributed by atoms with Crippen molar-refractivity contribution in [1.82, 2.24) is 0 Å². The van der Waals surface area contributed by atoms with Crippen molar-refractivity contribution in [2.45, 2.75) is 26.0 Å². The lowest BCUT2D eigenvalue weighted by Gasteiger charge is -2.15. The molecule has 0 aliphatic rings. The van der Waals surface area contributed by atoms with Gasteiger partial charge in [0.2, 0.25) is 0 Å². The minimum Gasteiger partial charge on any atom is -0.423 e. The van der Waals surface area contributed by atoms with Gasteiger partial charge in [-0.25, -0.2) is 4.79 Å². The Morgan fingerprint density at radius 1 is 1.04 bits per heavy atom. The second kappa shape index (κ2) is 8.13. The molecule has 0 bridgehead atoms. The number of ether oxygens (including phenoxy) is 3. The van der Waals surface area contributed by atoms with Crippen molar-refractivity contribution in [3.8, 4) is 5.75 Å². The van der Waals surface area contributed by atoms with Gasteiger partial charge in [-0.2, -0.15) is 0 Å². The van der Waals surface area contributed by atoms with Gasteiger partial charge in [-0.1, -0.05) is 24.3 Å². The van der Waals surface area contributed by atoms with E-state index in [2.05, 4.69) is 4.74 Å². The van der Waals surface area contributed by atoms with Crippen molar-refractivity contribution < 1.29 is 32.2 Å². The molecule has 4 nitrogen and oxygen atoms in total. The Bertz CT molecular complexity index is 694. The molecule has 0 spiro atoms. The lowest BCUT2D eigenvalue weighted by molar-refractivity contribution is -0.342. The van der Waals surface area contributed by atoms with Crippen LogP contribution in [0.1, 0.15) is 34.5 Å². The summed E-state index contributed by atoms with van der Waals surface area (Å²) in [6.45, 7) is 1.73. The molecule has 7 heteroatoms. The molecule has 0 fully saturated rings. The summed E-state index contributed by atoms with van der Waals surface area (Å²) in [6.07, 6.45) is -5.86. The van der Waals surface area contributed by atoms with Crippen molar-refractivity contribution in [1.29, 1.82) is 0 Å². The molecular weight excluding hydrogens is 337 g/mol. The number of methoxy groups -OCH3 is 1. The first kappa shape index (κ1) is 19.0. The summed E-state index contributed by atoms with van der Waals surface area (Å²) in [4.78, 5) is 12.1. The van der Waals surface area contributed by atoms with Gasteiger partial charge in [-0.15, -0.1) is 13.2 Å². The van der Waals surface area contributed by atoms with Gasteiger partial charge in [-0.05, 0) is 42.3 Å². The number of rotatable bonds is 6. The van der Waals surface area contributed by atoms with Crippen LogP contribution in [0.2, 0.25) is 0 Å². The van der Waals surface area contributed by atoms with Gasteiger partial charge in [0, 0.05) is 7.11 Å². The maximum Gasteiger partial charge on any atom is 0.523 e. The van der Waals surface area contributed by atoms with Gasteiger partial charge < -0.3 is 9.47 Å². The van der Waals surface area contributed by atoms with Crippen LogP contribution in [-0.2, 0) is 16.1 Å². The second-order valence-electron chi connectivity index (χ2n) is 5.29. The zero-order chi connectivity index (χ0) is 18.4. The summed E-state index contributed by atoms with van der Waals surface area (Å²) in [5.41, 5.74) is 1.60. The lowest BCUT2D eigenvalue weighted by atomic mass is 10.1. The fraction of sp³-hybridized carbons (Fsp3) is 0.278. The molecule has 25 heavy (non-hydrogen) atoms. The average molecular weight is 354 g/mol. The molecule has 0 aliphatic carbocycles. The van der Waals surface area contributed by atoms with Crippen LogP contribution in [0, 0.1) is 0 Å². The normalized spacial score (nSPS) is 12.7. The molecule has 1 atom stereocenters. The lowest BCUT2D eigenvalue weighted by Crippen LogP contribution is -2.16. The molecule has 0 aromatic heterocycles. The van der Waals surface area contributed by atoms with Gasteiger partial charge in [0.25, 0.3) is 0 Å². The van der Waals surface area contributed by atoms with E-state index in [1.165, 1.54) is 31.2 Å². The standard InChI is InChI=1S/C18H17F3O4/c1-12(25-18(19,20)21)14-7-9-16(10-8-14)24-17(22)15-5-3-13(4-6-15)11-23-2/h3-10,12H,11H2,1-2H3. The van der Waals surface area contributed by atoms with E-state index in [1.54, 1.807) is 31.4 Å². The molecule has 0 saturated carbocycles. The number of halogens is 3. The van der Waals surface area contributed by atoms with E-state index >= 15 is 0 Å². The van der Waals surface area contributed by atoms with Crippen LogP contribution in [0.5, 0.6) is 5.75 Å². The number of carbonyl (C=O) groups excluding carboxylic acids is 1. The molecule has 2 aromatic carbocycles. The van der Waals surface area contributed by atoms with Gasteiger partial charge >= 0.3 is 12.3 Å². The molecule has 1 unspecified atom stereocenters. The minimum atomic E-state index is -4.71. The quantitative estimate of drug-likeness (QED) is 0.560. The number of carbonyl (C=O) groups is 1. The van der Waals surface area contributed by atoms with Gasteiger partial charge in [0.15, 0.2) is 0 Å². The first-order valence-corrected chi connectivity index (χ1v) is 7.43. The van der Waals surface area contributed by atoms with Crippen LogP contribution >= 0.6 is 0 Å². The highest BCUT2D eigenvalue weighted by Gasteiger charge is 2.32. The summed E-state index contributed by atoms with van der Waals surface area (Å²) in [5, 5.41) is 0. The third-order valence-electron chi connectivity index (χ3n) is 3.37. The Hall–Kier alpha value is -2.38. The van der Waals surface area contributed by atoms with Crippen molar-refractivity contribution >= 4 is 5.97 Å². The molecular formula is C18H17F3O4. The SMILES string of the molecule is COCc1ccc(C(=O)Oc2ccc(C(C)OC(F)(F)F)cc2)cc1. The van der Waals surface area contributed by atoms with Crippen molar-refractivity contribution in [2.75, 3.05) is 7.11 Å². The van der Waals surface area contributed by atoms with Crippen LogP contribution in [0.3, 0.4) is 0 Å². The predicted molar refractivity (Wildman–Crippen MR) is 84.1 cm³/mol. The highest BCUT2D eigenvalue weighted by molar-refractivity contribution is 5.91. The van der Waals surface area contributed by atoms with Crippen molar-refractivity contribution in [3.05, 3.63) is 65.2 Å². The minimum absolute atomic E-state index is 0.230. The van der Waals surface area contributed by atoms with Crippen LogP contribution in [0.25, 0.3) is 0 Å². The van der Waals surface area contributed by atoms with E-state index in [0.29, 0.717) is 17.7 Å². The third-order valence-corrected chi connectivity index (χ3v) is 3.37. The Kier molecular flexibility index (Phi) is 6.17. The van der Waals surface area contributed by atoms with E-state index in [4.69, 9.17) is 9.47 Å². The zero-order valence-electron chi connectivity index (χ0n) is 13.7. The largest absolute Gasteiger partial charge is 0.523 e. The Labute approximate surface area is 143 Å². The van der Waals surface area contributed by atoms with Crippen molar-refractivity contribution in [3.63, 3.8) is 0 Å². The number of alkyl halides is 3. The Balaban J connectivity index is 1.99. The molecule has 0 N–H and O–H groups in total. The number of benzene rings is 2. The first-order chi connectivity index (χ1) is 11.8. The predicted octanol–water partition coefficient (Wildman–Crippen LogP) is 4.65. The molecule has 2 rings (SSSR count). The maximum atomic E-state index is 12.2. The Morgan fingerprint density at radius 2 is 1.64 bits per heavy atom. The van der Waals surface area contributed by atoms with Crippen LogP contribution in [-0.4, -0.2) is 19.4 Å². The number of hydrogen-bond acceptors (Lipinski definition) is 4. The fourth-order valence-electron chi connectivity index (χ4n) is 2.15. The number of hydrogen-bond donors (Lipinski definition) is 0. The Morgan fingerprint density at radius 3 is 2.16 bits per heavy atom. The molecule has 0 saturated heterocycles. The molecule has 0 aliphatic heterocycles. The highest BCUT2D eigenvalue weighted by atomic mass is 19.4. The van der Waals surface area contributed by atoms with Gasteiger partial charge in [0.1, 0.15) is 5.75 Å². The summed E-state index contributed by atoms with van der Waals surface area (Å²) in [6, 6.07) is 12.4. The summed E-state index contributed by atoms with van der Waals surface area (Å²) in [7, 11) is 1.58. The van der Waals surface area contributed by atoms with Gasteiger partial charge in [0.05, 0.1) is 18.3 Å². The number of esters is 1. The zero-order valence-corrected chi connectivity index (χ0v) is 13.7. The topological polar surface area (TPSA) is 44.8 Å². The monoisotopic (exact) mass is 354 g/mol. The fourth-order valence-corrected chi connectivity index (χ4v) is 2.15. The van der Waals surface area contributed by atoms with Crippen molar-refractivity contribution in [2.24, 2.45) is 0 Å². The van der Waals surface area contributed by atoms with Crippen LogP contribution < -0.4 is 4.74 Å². The van der Waals surface area contributed by atoms with E-state index in [-0.39, 0.29) is 5.75 Å². The first-order valence-electron chi connectivity index (χ1n) is 7.43. The summed E-state index contributed by atoms with van der Waals surface area (Å²) < 4.78 is 50.7. The molecule has 134 valence electrons. The van der Waals surface area contributed by atoms with E-state index in [0.717, 1.165) is 5.56 Å². The van der Waals surface area contributed by atoms with E-state index < -0.39 is 18.4 Å². The second-order valence-corrected chi connectivity index (χ2v) is 5.29.